The van der Waals surface area contributed by atoms with Crippen LogP contribution in [0.5, 0.6) is 0 Å². The first kappa shape index (κ1) is 16.5. The van der Waals surface area contributed by atoms with Crippen LogP contribution in [0.2, 0.25) is 0 Å². The molecule has 132 valence electrons. The predicted octanol–water partition coefficient (Wildman–Crippen LogP) is 3.18. The molecule has 0 bridgehead atoms. The Morgan fingerprint density at radius 2 is 1.96 bits per heavy atom. The van der Waals surface area contributed by atoms with Crippen LogP contribution in [-0.4, -0.2) is 40.1 Å². The number of carbonyl (C=O) groups excluding carboxylic acids is 1. The topological polar surface area (TPSA) is 53.4 Å². The number of aliphatic hydroxyl groups is 1. The number of fused-ring (bicyclic) bond motifs is 1. The van der Waals surface area contributed by atoms with E-state index in [4.69, 9.17) is 0 Å². The number of rotatable bonds is 4. The minimum atomic E-state index is -0.431. The number of β-amino-alcohol motifs (C(OH)–C–C–N with tert-alkyl or cyclic N) is 1. The van der Waals surface area contributed by atoms with Crippen molar-refractivity contribution in [2.24, 2.45) is 11.8 Å². The first-order valence-electron chi connectivity index (χ1n) is 9.49. The van der Waals surface area contributed by atoms with E-state index in [1.165, 1.54) is 31.2 Å². The molecular weight excluding hydrogens is 312 g/mol. The number of hydrogen-bond donors (Lipinski definition) is 1. The lowest BCUT2D eigenvalue weighted by Crippen LogP contribution is -2.30. The zero-order valence-electron chi connectivity index (χ0n) is 14.6. The van der Waals surface area contributed by atoms with Gasteiger partial charge < -0.3 is 10.0 Å². The molecule has 0 spiro atoms. The third-order valence-electron chi connectivity index (χ3n) is 5.92. The minimum Gasteiger partial charge on any atom is -0.391 e. The SMILES string of the molecule is O=C(CC1CCCC1)N1C[C@@H](Cc2ccnc3ccccc23)[C@H](O)C1. The van der Waals surface area contributed by atoms with Gasteiger partial charge >= 0.3 is 0 Å². The van der Waals surface area contributed by atoms with Gasteiger partial charge in [-0.2, -0.15) is 0 Å². The number of aliphatic hydroxyl groups excluding tert-OH is 1. The highest BCUT2D eigenvalue weighted by Crippen LogP contribution is 2.30. The van der Waals surface area contributed by atoms with Crippen molar-refractivity contribution in [2.75, 3.05) is 13.1 Å². The van der Waals surface area contributed by atoms with Gasteiger partial charge in [0.05, 0.1) is 11.6 Å². The summed E-state index contributed by atoms with van der Waals surface area (Å²) in [5.41, 5.74) is 2.20. The molecule has 2 heterocycles. The zero-order chi connectivity index (χ0) is 17.2. The molecule has 2 fully saturated rings. The second kappa shape index (κ2) is 7.12. The van der Waals surface area contributed by atoms with Gasteiger partial charge in [-0.25, -0.2) is 0 Å². The van der Waals surface area contributed by atoms with E-state index in [1.54, 1.807) is 0 Å². The van der Waals surface area contributed by atoms with Gasteiger partial charge in [0.15, 0.2) is 0 Å². The van der Waals surface area contributed by atoms with E-state index >= 15 is 0 Å². The van der Waals surface area contributed by atoms with Crippen LogP contribution in [0, 0.1) is 11.8 Å². The number of nitrogens with zero attached hydrogens (tertiary/aromatic N) is 2. The Morgan fingerprint density at radius 3 is 2.80 bits per heavy atom. The number of para-hydroxylation sites is 1. The predicted molar refractivity (Wildman–Crippen MR) is 98.1 cm³/mol. The monoisotopic (exact) mass is 338 g/mol. The highest BCUT2D eigenvalue weighted by molar-refractivity contribution is 5.82. The fourth-order valence-electron chi connectivity index (χ4n) is 4.46. The van der Waals surface area contributed by atoms with Gasteiger partial charge in [-0.05, 0) is 42.9 Å². The second-order valence-electron chi connectivity index (χ2n) is 7.67. The molecule has 2 atom stereocenters. The fourth-order valence-corrected chi connectivity index (χ4v) is 4.46. The summed E-state index contributed by atoms with van der Waals surface area (Å²) in [6.07, 6.45) is 7.76. The smallest absolute Gasteiger partial charge is 0.222 e. The molecule has 25 heavy (non-hydrogen) atoms. The Hall–Kier alpha value is -1.94. The van der Waals surface area contributed by atoms with E-state index in [1.807, 2.05) is 35.4 Å². The van der Waals surface area contributed by atoms with E-state index < -0.39 is 6.10 Å². The molecule has 4 heteroatoms. The van der Waals surface area contributed by atoms with Crippen molar-refractivity contribution in [1.29, 1.82) is 0 Å². The van der Waals surface area contributed by atoms with Crippen molar-refractivity contribution in [3.05, 3.63) is 42.1 Å². The molecule has 1 aliphatic carbocycles. The first-order chi connectivity index (χ1) is 12.2. The molecule has 4 nitrogen and oxygen atoms in total. The largest absolute Gasteiger partial charge is 0.391 e. The van der Waals surface area contributed by atoms with Crippen LogP contribution >= 0.6 is 0 Å². The van der Waals surface area contributed by atoms with Crippen molar-refractivity contribution in [2.45, 2.75) is 44.6 Å². The minimum absolute atomic E-state index is 0.110. The Kier molecular flexibility index (Phi) is 4.71. The summed E-state index contributed by atoms with van der Waals surface area (Å²) < 4.78 is 0. The van der Waals surface area contributed by atoms with Crippen molar-refractivity contribution < 1.29 is 9.90 Å². The molecule has 1 aliphatic heterocycles. The first-order valence-corrected chi connectivity index (χ1v) is 9.49. The maximum Gasteiger partial charge on any atom is 0.222 e. The van der Waals surface area contributed by atoms with Crippen LogP contribution < -0.4 is 0 Å². The van der Waals surface area contributed by atoms with Crippen molar-refractivity contribution in [1.82, 2.24) is 9.88 Å². The quantitative estimate of drug-likeness (QED) is 0.931. The normalized spacial score (nSPS) is 24.3. The number of amides is 1. The van der Waals surface area contributed by atoms with Gasteiger partial charge in [0.1, 0.15) is 0 Å². The molecule has 1 aromatic heterocycles. The lowest BCUT2D eigenvalue weighted by atomic mass is 9.94. The summed E-state index contributed by atoms with van der Waals surface area (Å²) in [7, 11) is 0. The molecule has 1 N–H and O–H groups in total. The number of likely N-dealkylation sites (tertiary alicyclic amines) is 1. The van der Waals surface area contributed by atoms with Gasteiger partial charge in [0, 0.05) is 37.0 Å². The van der Waals surface area contributed by atoms with E-state index in [0.717, 1.165) is 17.3 Å². The Morgan fingerprint density at radius 1 is 1.16 bits per heavy atom. The van der Waals surface area contributed by atoms with Crippen molar-refractivity contribution >= 4 is 16.8 Å². The Balaban J connectivity index is 1.43. The van der Waals surface area contributed by atoms with Crippen LogP contribution in [0.1, 0.15) is 37.7 Å². The van der Waals surface area contributed by atoms with Crippen molar-refractivity contribution in [3.8, 4) is 0 Å². The van der Waals surface area contributed by atoms with E-state index in [2.05, 4.69) is 11.1 Å². The summed E-state index contributed by atoms with van der Waals surface area (Å²) in [5.74, 6) is 0.902. The van der Waals surface area contributed by atoms with Gasteiger partial charge in [0.2, 0.25) is 5.91 Å². The van der Waals surface area contributed by atoms with Gasteiger partial charge in [-0.3, -0.25) is 9.78 Å². The number of aromatic nitrogens is 1. The Labute approximate surface area is 148 Å². The fraction of sp³-hybridized carbons (Fsp3) is 0.524. The van der Waals surface area contributed by atoms with Crippen LogP contribution in [0.3, 0.4) is 0 Å². The van der Waals surface area contributed by atoms with Gasteiger partial charge in [-0.1, -0.05) is 31.0 Å². The van der Waals surface area contributed by atoms with Crippen molar-refractivity contribution in [3.63, 3.8) is 0 Å². The van der Waals surface area contributed by atoms with Crippen LogP contribution in [0.15, 0.2) is 36.5 Å². The third-order valence-corrected chi connectivity index (χ3v) is 5.92. The molecule has 0 radical (unpaired) electrons. The summed E-state index contributed by atoms with van der Waals surface area (Å²) in [6, 6.07) is 10.2. The molecule has 2 aromatic rings. The summed E-state index contributed by atoms with van der Waals surface area (Å²) in [4.78, 5) is 18.9. The number of carbonyl (C=O) groups is 1. The average molecular weight is 338 g/mol. The molecule has 1 saturated carbocycles. The summed E-state index contributed by atoms with van der Waals surface area (Å²) in [5, 5.41) is 11.6. The summed E-state index contributed by atoms with van der Waals surface area (Å²) in [6.45, 7) is 1.16. The number of benzene rings is 1. The van der Waals surface area contributed by atoms with E-state index in [-0.39, 0.29) is 11.8 Å². The Bertz CT molecular complexity index is 749. The molecule has 1 aromatic carbocycles. The highest BCUT2D eigenvalue weighted by Gasteiger charge is 2.35. The number of hydrogen-bond acceptors (Lipinski definition) is 3. The molecule has 1 saturated heterocycles. The van der Waals surface area contributed by atoms with E-state index in [9.17, 15) is 9.90 Å². The standard InChI is InChI=1S/C21H26N2O2/c24-20-14-23(21(25)11-15-5-1-2-6-15)13-17(20)12-16-9-10-22-19-8-4-3-7-18(16)19/h3-4,7-10,15,17,20,24H,1-2,5-6,11-14H2/t17-,20-/m1/s1. The zero-order valence-corrected chi connectivity index (χ0v) is 14.6. The van der Waals surface area contributed by atoms with Gasteiger partial charge in [-0.15, -0.1) is 0 Å². The summed E-state index contributed by atoms with van der Waals surface area (Å²) >= 11 is 0. The van der Waals surface area contributed by atoms with Gasteiger partial charge in [0.25, 0.3) is 0 Å². The van der Waals surface area contributed by atoms with Crippen LogP contribution in [0.4, 0.5) is 0 Å². The van der Waals surface area contributed by atoms with E-state index in [0.29, 0.717) is 25.4 Å². The van der Waals surface area contributed by atoms with Crippen LogP contribution in [0.25, 0.3) is 10.9 Å². The maximum atomic E-state index is 12.6. The average Bonchev–Trinajstić information content (AvgIpc) is 3.25. The number of pyridine rings is 1. The second-order valence-corrected chi connectivity index (χ2v) is 7.67. The third kappa shape index (κ3) is 3.54. The lowest BCUT2D eigenvalue weighted by molar-refractivity contribution is -0.131. The molecular formula is C21H26N2O2. The molecule has 1 amide bonds. The molecule has 2 aliphatic rings. The maximum absolute atomic E-state index is 12.6. The molecule has 0 unspecified atom stereocenters. The van der Waals surface area contributed by atoms with Crippen LogP contribution in [-0.2, 0) is 11.2 Å². The molecule has 4 rings (SSSR count). The lowest BCUT2D eigenvalue weighted by Gasteiger charge is -2.18. The highest BCUT2D eigenvalue weighted by atomic mass is 16.3.